The van der Waals surface area contributed by atoms with E-state index >= 15 is 0 Å². The van der Waals surface area contributed by atoms with Gasteiger partial charge in [0.25, 0.3) is 0 Å². The van der Waals surface area contributed by atoms with E-state index < -0.39 is 20.7 Å². The van der Waals surface area contributed by atoms with Crippen LogP contribution in [0.3, 0.4) is 0 Å². The molecule has 0 heterocycles. The molecule has 1 aromatic rings. The van der Waals surface area contributed by atoms with Gasteiger partial charge in [-0.1, -0.05) is 18.0 Å². The van der Waals surface area contributed by atoms with Gasteiger partial charge in [0, 0.05) is 18.2 Å². The van der Waals surface area contributed by atoms with Crippen LogP contribution in [0.25, 0.3) is 0 Å². The maximum atomic E-state index is 13.6. The van der Waals surface area contributed by atoms with Crippen LogP contribution in [0.1, 0.15) is 19.3 Å². The third kappa shape index (κ3) is 3.49. The minimum absolute atomic E-state index is 0.0572. The Labute approximate surface area is 123 Å². The zero-order valence-corrected chi connectivity index (χ0v) is 12.4. The standard InChI is InChI=1S/C13H17ClFNO3S/c14-11-4-5-13(12(15)6-11)20(18,19)16-7-9-2-1-3-10(9)8-17/h4-6,9-10,16-17H,1-3,7-8H2. The molecule has 7 heteroatoms. The molecule has 0 radical (unpaired) electrons. The number of hydrogen-bond acceptors (Lipinski definition) is 3. The molecule has 0 amide bonds. The molecule has 1 aliphatic carbocycles. The Morgan fingerprint density at radius 3 is 2.70 bits per heavy atom. The maximum absolute atomic E-state index is 13.6. The van der Waals surface area contributed by atoms with Crippen molar-refractivity contribution in [2.75, 3.05) is 13.2 Å². The summed E-state index contributed by atoms with van der Waals surface area (Å²) < 4.78 is 40.2. The first-order valence-corrected chi connectivity index (χ1v) is 8.35. The SMILES string of the molecule is O=S(=O)(NCC1CCCC1CO)c1ccc(Cl)cc1F. The van der Waals surface area contributed by atoms with Gasteiger partial charge < -0.3 is 5.11 Å². The Morgan fingerprint density at radius 1 is 1.35 bits per heavy atom. The molecule has 0 aromatic heterocycles. The minimum Gasteiger partial charge on any atom is -0.396 e. The van der Waals surface area contributed by atoms with Crippen LogP contribution in [0.5, 0.6) is 0 Å². The number of aliphatic hydroxyl groups is 1. The fourth-order valence-electron chi connectivity index (χ4n) is 2.61. The largest absolute Gasteiger partial charge is 0.396 e. The summed E-state index contributed by atoms with van der Waals surface area (Å²) in [7, 11) is -3.89. The van der Waals surface area contributed by atoms with E-state index in [1.807, 2.05) is 0 Å². The lowest BCUT2D eigenvalue weighted by Gasteiger charge is -2.18. The highest BCUT2D eigenvalue weighted by Gasteiger charge is 2.28. The maximum Gasteiger partial charge on any atom is 0.243 e. The van der Waals surface area contributed by atoms with E-state index in [0.29, 0.717) is 0 Å². The lowest BCUT2D eigenvalue weighted by molar-refractivity contribution is 0.195. The van der Waals surface area contributed by atoms with Crippen LogP contribution in [-0.2, 0) is 10.0 Å². The second-order valence-electron chi connectivity index (χ2n) is 5.06. The lowest BCUT2D eigenvalue weighted by atomic mass is 9.97. The molecule has 2 N–H and O–H groups in total. The molecule has 1 saturated carbocycles. The average Bonchev–Trinajstić information content (AvgIpc) is 2.83. The van der Waals surface area contributed by atoms with Gasteiger partial charge in [0.05, 0.1) is 0 Å². The number of aliphatic hydroxyl groups excluding tert-OH is 1. The van der Waals surface area contributed by atoms with Gasteiger partial charge in [-0.2, -0.15) is 0 Å². The summed E-state index contributed by atoms with van der Waals surface area (Å²) in [5.74, 6) is -0.645. The van der Waals surface area contributed by atoms with Crippen LogP contribution in [0.2, 0.25) is 5.02 Å². The van der Waals surface area contributed by atoms with Crippen LogP contribution < -0.4 is 4.72 Å². The molecular formula is C13H17ClFNO3S. The van der Waals surface area contributed by atoms with Gasteiger partial charge in [-0.25, -0.2) is 17.5 Å². The minimum atomic E-state index is -3.89. The molecule has 1 fully saturated rings. The quantitative estimate of drug-likeness (QED) is 0.873. The van der Waals surface area contributed by atoms with Gasteiger partial charge in [-0.15, -0.1) is 0 Å². The summed E-state index contributed by atoms with van der Waals surface area (Å²) in [6, 6.07) is 3.46. The highest BCUT2D eigenvalue weighted by atomic mass is 35.5. The first kappa shape index (κ1) is 15.7. The van der Waals surface area contributed by atoms with E-state index in [1.54, 1.807) is 0 Å². The van der Waals surface area contributed by atoms with Gasteiger partial charge in [-0.3, -0.25) is 0 Å². The summed E-state index contributed by atoms with van der Waals surface area (Å²) in [6.07, 6.45) is 2.75. The van der Waals surface area contributed by atoms with Gasteiger partial charge in [-0.05, 0) is 42.9 Å². The van der Waals surface area contributed by atoms with Crippen molar-refractivity contribution in [3.63, 3.8) is 0 Å². The number of nitrogens with one attached hydrogen (secondary N) is 1. The molecule has 20 heavy (non-hydrogen) atoms. The van der Waals surface area contributed by atoms with Crippen molar-refractivity contribution < 1.29 is 17.9 Å². The molecule has 0 saturated heterocycles. The van der Waals surface area contributed by atoms with E-state index in [4.69, 9.17) is 11.6 Å². The van der Waals surface area contributed by atoms with Gasteiger partial charge in [0.1, 0.15) is 10.7 Å². The summed E-state index contributed by atoms with van der Waals surface area (Å²) in [4.78, 5) is -0.402. The van der Waals surface area contributed by atoms with Crippen LogP contribution in [0.15, 0.2) is 23.1 Å². The number of rotatable bonds is 5. The lowest BCUT2D eigenvalue weighted by Crippen LogP contribution is -2.32. The smallest absolute Gasteiger partial charge is 0.243 e. The third-order valence-corrected chi connectivity index (χ3v) is 5.46. The highest BCUT2D eigenvalue weighted by Crippen LogP contribution is 2.31. The molecule has 1 aliphatic rings. The van der Waals surface area contributed by atoms with Gasteiger partial charge in [0.15, 0.2) is 0 Å². The molecular weight excluding hydrogens is 305 g/mol. The number of halogens is 2. The van der Waals surface area contributed by atoms with Crippen molar-refractivity contribution in [3.8, 4) is 0 Å². The Morgan fingerprint density at radius 2 is 2.05 bits per heavy atom. The van der Waals surface area contributed by atoms with Gasteiger partial charge >= 0.3 is 0 Å². The number of hydrogen-bond donors (Lipinski definition) is 2. The normalized spacial score (nSPS) is 23.1. The first-order valence-electron chi connectivity index (χ1n) is 6.49. The zero-order chi connectivity index (χ0) is 14.8. The summed E-state index contributed by atoms with van der Waals surface area (Å²) in [5.41, 5.74) is 0. The predicted molar refractivity (Wildman–Crippen MR) is 74.5 cm³/mol. The molecule has 2 unspecified atom stereocenters. The summed E-state index contributed by atoms with van der Waals surface area (Å²) in [6.45, 7) is 0.275. The first-order chi connectivity index (χ1) is 9.44. The topological polar surface area (TPSA) is 66.4 Å². The second kappa shape index (κ2) is 6.39. The molecule has 2 atom stereocenters. The summed E-state index contributed by atoms with van der Waals surface area (Å²) >= 11 is 5.60. The summed E-state index contributed by atoms with van der Waals surface area (Å²) in [5, 5.41) is 9.36. The Kier molecular flexibility index (Phi) is 5.01. The third-order valence-electron chi connectivity index (χ3n) is 3.77. The number of sulfonamides is 1. The predicted octanol–water partition coefficient (Wildman–Crippen LogP) is 2.17. The van der Waals surface area contributed by atoms with E-state index in [9.17, 15) is 17.9 Å². The van der Waals surface area contributed by atoms with Crippen molar-refractivity contribution in [1.29, 1.82) is 0 Å². The van der Waals surface area contributed by atoms with E-state index in [2.05, 4.69) is 4.72 Å². The van der Waals surface area contributed by atoms with Crippen molar-refractivity contribution in [2.24, 2.45) is 11.8 Å². The van der Waals surface area contributed by atoms with Crippen LogP contribution in [-0.4, -0.2) is 26.7 Å². The van der Waals surface area contributed by atoms with Crippen molar-refractivity contribution >= 4 is 21.6 Å². The Hall–Kier alpha value is -0.690. The fourth-order valence-corrected chi connectivity index (χ4v) is 3.92. The van der Waals surface area contributed by atoms with Crippen LogP contribution in [0, 0.1) is 17.7 Å². The zero-order valence-electron chi connectivity index (χ0n) is 10.9. The Balaban J connectivity index is 2.07. The molecule has 2 rings (SSSR count). The second-order valence-corrected chi connectivity index (χ2v) is 7.23. The van der Waals surface area contributed by atoms with E-state index in [1.165, 1.54) is 6.07 Å². The van der Waals surface area contributed by atoms with E-state index in [0.717, 1.165) is 31.4 Å². The van der Waals surface area contributed by atoms with Crippen molar-refractivity contribution in [3.05, 3.63) is 29.0 Å². The van der Waals surface area contributed by atoms with Crippen LogP contribution >= 0.6 is 11.6 Å². The van der Waals surface area contributed by atoms with Gasteiger partial charge in [0.2, 0.25) is 10.0 Å². The molecule has 0 spiro atoms. The molecule has 4 nitrogen and oxygen atoms in total. The van der Waals surface area contributed by atoms with Crippen LogP contribution in [0.4, 0.5) is 4.39 Å². The van der Waals surface area contributed by atoms with Crippen molar-refractivity contribution in [1.82, 2.24) is 4.72 Å². The highest BCUT2D eigenvalue weighted by molar-refractivity contribution is 7.89. The molecule has 0 aliphatic heterocycles. The monoisotopic (exact) mass is 321 g/mol. The molecule has 112 valence electrons. The van der Waals surface area contributed by atoms with E-state index in [-0.39, 0.29) is 30.0 Å². The fraction of sp³-hybridized carbons (Fsp3) is 0.538. The average molecular weight is 322 g/mol. The molecule has 0 bridgehead atoms. The van der Waals surface area contributed by atoms with Crippen molar-refractivity contribution in [2.45, 2.75) is 24.2 Å². The molecule has 1 aromatic carbocycles. The number of benzene rings is 1. The Bertz CT molecular complexity index is 579.